The van der Waals surface area contributed by atoms with Gasteiger partial charge in [-0.25, -0.2) is 0 Å². The molecule has 0 amide bonds. The Hall–Kier alpha value is -1.08. The van der Waals surface area contributed by atoms with E-state index in [2.05, 4.69) is 76.8 Å². The Morgan fingerprint density at radius 1 is 0.857 bits per heavy atom. The minimum absolute atomic E-state index is 0.262. The van der Waals surface area contributed by atoms with Gasteiger partial charge in [0.05, 0.1) is 0 Å². The van der Waals surface area contributed by atoms with Crippen LogP contribution in [0.4, 0.5) is 0 Å². The zero-order valence-electron chi connectivity index (χ0n) is 14.7. The summed E-state index contributed by atoms with van der Waals surface area (Å²) < 4.78 is 0. The Morgan fingerprint density at radius 3 is 1.95 bits per heavy atom. The van der Waals surface area contributed by atoms with Crippen LogP contribution in [0.5, 0.6) is 0 Å². The van der Waals surface area contributed by atoms with Crippen LogP contribution in [0, 0.1) is 10.8 Å². The summed E-state index contributed by atoms with van der Waals surface area (Å²) in [5, 5.41) is 0. The van der Waals surface area contributed by atoms with E-state index in [4.69, 9.17) is 0 Å². The van der Waals surface area contributed by atoms with Gasteiger partial charge >= 0.3 is 0 Å². The summed E-state index contributed by atoms with van der Waals surface area (Å²) >= 11 is 0. The number of hydrogen-bond donors (Lipinski definition) is 0. The lowest BCUT2D eigenvalue weighted by molar-refractivity contribution is 0.237. The molecule has 0 bridgehead atoms. The zero-order chi connectivity index (χ0) is 15.7. The molecule has 1 aromatic rings. The van der Waals surface area contributed by atoms with Crippen LogP contribution in [0.25, 0.3) is 0 Å². The third-order valence-electron chi connectivity index (χ3n) is 4.48. The lowest BCUT2D eigenvalue weighted by atomic mass is 9.72. The highest BCUT2D eigenvalue weighted by Crippen LogP contribution is 2.41. The average molecular weight is 285 g/mol. The van der Waals surface area contributed by atoms with Crippen molar-refractivity contribution in [2.45, 2.75) is 54.5 Å². The SMILES string of the molecule is CC(C)(C)C1=C(C(C)(C)C)CN(Cc2ccccc2)CC1. The number of rotatable bonds is 2. The molecule has 21 heavy (non-hydrogen) atoms. The van der Waals surface area contributed by atoms with Crippen molar-refractivity contribution in [3.05, 3.63) is 47.0 Å². The van der Waals surface area contributed by atoms with E-state index in [1.807, 2.05) is 0 Å². The van der Waals surface area contributed by atoms with Gasteiger partial charge in [-0.1, -0.05) is 83.0 Å². The molecule has 0 fully saturated rings. The van der Waals surface area contributed by atoms with Crippen molar-refractivity contribution in [1.29, 1.82) is 0 Å². The topological polar surface area (TPSA) is 3.24 Å². The standard InChI is InChI=1S/C20H31N/c1-19(2,3)17-12-13-21(15-18(17)20(4,5)6)14-16-10-8-7-9-11-16/h7-11H,12-15H2,1-6H3. The first-order chi connectivity index (χ1) is 9.68. The molecule has 1 aliphatic heterocycles. The minimum Gasteiger partial charge on any atom is -0.295 e. The molecule has 1 heteroatoms. The van der Waals surface area contributed by atoms with Gasteiger partial charge in [-0.3, -0.25) is 4.90 Å². The van der Waals surface area contributed by atoms with Crippen LogP contribution in [-0.4, -0.2) is 18.0 Å². The van der Waals surface area contributed by atoms with E-state index in [-0.39, 0.29) is 5.41 Å². The van der Waals surface area contributed by atoms with Crippen LogP contribution in [0.1, 0.15) is 53.5 Å². The molecular formula is C20H31N. The fraction of sp³-hybridized carbons (Fsp3) is 0.600. The van der Waals surface area contributed by atoms with Crippen molar-refractivity contribution in [3.8, 4) is 0 Å². The second-order valence-corrected chi connectivity index (χ2v) is 8.40. The van der Waals surface area contributed by atoms with E-state index < -0.39 is 0 Å². The van der Waals surface area contributed by atoms with Crippen LogP contribution in [0.2, 0.25) is 0 Å². The molecule has 0 saturated carbocycles. The molecule has 0 spiro atoms. The van der Waals surface area contributed by atoms with Crippen LogP contribution in [0.3, 0.4) is 0 Å². The maximum Gasteiger partial charge on any atom is 0.0237 e. The van der Waals surface area contributed by atoms with Crippen LogP contribution in [0.15, 0.2) is 41.5 Å². The molecule has 0 N–H and O–H groups in total. The summed E-state index contributed by atoms with van der Waals surface area (Å²) in [6.45, 7) is 17.5. The Kier molecular flexibility index (Phi) is 4.63. The number of nitrogens with zero attached hydrogens (tertiary/aromatic N) is 1. The molecule has 2 rings (SSSR count). The normalized spacial score (nSPS) is 18.2. The Morgan fingerprint density at radius 2 is 1.43 bits per heavy atom. The molecule has 0 saturated heterocycles. The average Bonchev–Trinajstić information content (AvgIpc) is 2.37. The lowest BCUT2D eigenvalue weighted by Crippen LogP contribution is -2.37. The number of benzene rings is 1. The monoisotopic (exact) mass is 285 g/mol. The predicted molar refractivity (Wildman–Crippen MR) is 92.3 cm³/mol. The maximum atomic E-state index is 2.60. The van der Waals surface area contributed by atoms with Gasteiger partial charge in [0.25, 0.3) is 0 Å². The summed E-state index contributed by atoms with van der Waals surface area (Å²) in [5.74, 6) is 0. The van der Waals surface area contributed by atoms with Gasteiger partial charge in [-0.2, -0.15) is 0 Å². The third kappa shape index (κ3) is 4.20. The lowest BCUT2D eigenvalue weighted by Gasteiger charge is -2.41. The van der Waals surface area contributed by atoms with E-state index in [0.29, 0.717) is 5.41 Å². The first-order valence-corrected chi connectivity index (χ1v) is 8.17. The van der Waals surface area contributed by atoms with E-state index in [0.717, 1.165) is 13.1 Å². The highest BCUT2D eigenvalue weighted by molar-refractivity contribution is 5.29. The molecule has 0 atom stereocenters. The minimum atomic E-state index is 0.262. The predicted octanol–water partition coefficient (Wildman–Crippen LogP) is 5.28. The molecule has 0 unspecified atom stereocenters. The molecule has 0 aliphatic carbocycles. The van der Waals surface area contributed by atoms with Gasteiger partial charge in [-0.15, -0.1) is 0 Å². The highest BCUT2D eigenvalue weighted by atomic mass is 15.1. The Labute approximate surface area is 131 Å². The quantitative estimate of drug-likeness (QED) is 0.668. The van der Waals surface area contributed by atoms with Crippen molar-refractivity contribution < 1.29 is 0 Å². The van der Waals surface area contributed by atoms with Gasteiger partial charge in [0.1, 0.15) is 0 Å². The highest BCUT2D eigenvalue weighted by Gasteiger charge is 2.32. The Balaban J connectivity index is 2.21. The van der Waals surface area contributed by atoms with Gasteiger partial charge in [0.2, 0.25) is 0 Å². The first-order valence-electron chi connectivity index (χ1n) is 8.17. The summed E-state index contributed by atoms with van der Waals surface area (Å²) in [6, 6.07) is 10.8. The third-order valence-corrected chi connectivity index (χ3v) is 4.48. The van der Waals surface area contributed by atoms with Crippen molar-refractivity contribution in [3.63, 3.8) is 0 Å². The molecule has 0 aromatic heterocycles. The zero-order valence-corrected chi connectivity index (χ0v) is 14.7. The number of hydrogen-bond acceptors (Lipinski definition) is 1. The van der Waals surface area contributed by atoms with E-state index in [1.165, 1.54) is 18.5 Å². The van der Waals surface area contributed by atoms with Crippen LogP contribution < -0.4 is 0 Å². The molecule has 1 heterocycles. The van der Waals surface area contributed by atoms with Crippen LogP contribution in [-0.2, 0) is 6.54 Å². The smallest absolute Gasteiger partial charge is 0.0237 e. The van der Waals surface area contributed by atoms with Crippen LogP contribution >= 0.6 is 0 Å². The van der Waals surface area contributed by atoms with Crippen molar-refractivity contribution >= 4 is 0 Å². The molecule has 1 aromatic carbocycles. The van der Waals surface area contributed by atoms with E-state index in [9.17, 15) is 0 Å². The second kappa shape index (κ2) is 5.96. The van der Waals surface area contributed by atoms with Crippen molar-refractivity contribution in [1.82, 2.24) is 4.90 Å². The van der Waals surface area contributed by atoms with Gasteiger partial charge in [-0.05, 0) is 22.8 Å². The molecule has 116 valence electrons. The van der Waals surface area contributed by atoms with E-state index >= 15 is 0 Å². The van der Waals surface area contributed by atoms with Crippen molar-refractivity contribution in [2.24, 2.45) is 10.8 Å². The fourth-order valence-electron chi connectivity index (χ4n) is 3.31. The molecule has 0 radical (unpaired) electrons. The summed E-state index contributed by atoms with van der Waals surface area (Å²) in [6.07, 6.45) is 1.21. The Bertz CT molecular complexity index is 497. The first kappa shape index (κ1) is 16.3. The van der Waals surface area contributed by atoms with Gasteiger partial charge in [0.15, 0.2) is 0 Å². The van der Waals surface area contributed by atoms with Crippen molar-refractivity contribution in [2.75, 3.05) is 13.1 Å². The summed E-state index contributed by atoms with van der Waals surface area (Å²) in [7, 11) is 0. The molecular weight excluding hydrogens is 254 g/mol. The summed E-state index contributed by atoms with van der Waals surface area (Å²) in [4.78, 5) is 2.60. The second-order valence-electron chi connectivity index (χ2n) is 8.40. The van der Waals surface area contributed by atoms with Gasteiger partial charge in [0, 0.05) is 19.6 Å². The molecule has 1 aliphatic rings. The summed E-state index contributed by atoms with van der Waals surface area (Å²) in [5.41, 5.74) is 5.31. The fourth-order valence-corrected chi connectivity index (χ4v) is 3.31. The molecule has 1 nitrogen and oxygen atoms in total. The van der Waals surface area contributed by atoms with Gasteiger partial charge < -0.3 is 0 Å². The largest absolute Gasteiger partial charge is 0.295 e. The van der Waals surface area contributed by atoms with E-state index in [1.54, 1.807) is 11.1 Å². The maximum absolute atomic E-state index is 2.60.